The van der Waals surface area contributed by atoms with Crippen LogP contribution < -0.4 is 9.64 Å². The second-order valence-corrected chi connectivity index (χ2v) is 15.2. The summed E-state index contributed by atoms with van der Waals surface area (Å²) >= 11 is 0. The summed E-state index contributed by atoms with van der Waals surface area (Å²) in [6, 6.07) is 20.4. The molecule has 1 aromatic heterocycles. The number of aliphatic imine (C=N–C) groups is 1. The Balaban J connectivity index is 1.46. The van der Waals surface area contributed by atoms with E-state index < -0.39 is 12.9 Å². The van der Waals surface area contributed by atoms with Gasteiger partial charge in [-0.2, -0.15) is 0 Å². The Morgan fingerprint density at radius 2 is 1.58 bits per heavy atom. The summed E-state index contributed by atoms with van der Waals surface area (Å²) in [5.74, 6) is 2.55. The van der Waals surface area contributed by atoms with Gasteiger partial charge in [-0.15, -0.1) is 0 Å². The summed E-state index contributed by atoms with van der Waals surface area (Å²) < 4.78 is 35.9. The van der Waals surface area contributed by atoms with Crippen LogP contribution in [0.1, 0.15) is 105 Å². The summed E-state index contributed by atoms with van der Waals surface area (Å²) in [7, 11) is 0. The summed E-state index contributed by atoms with van der Waals surface area (Å²) in [5.41, 5.74) is 9.26. The van der Waals surface area contributed by atoms with E-state index in [1.165, 1.54) is 16.7 Å². The van der Waals surface area contributed by atoms with E-state index in [9.17, 15) is 0 Å². The second kappa shape index (κ2) is 10.8. The molecule has 0 spiro atoms. The molecule has 0 radical (unpaired) electrons. The van der Waals surface area contributed by atoms with Crippen molar-refractivity contribution in [2.24, 2.45) is 4.99 Å². The topological polar surface area (TPSA) is 47.0 Å². The molecule has 0 unspecified atom stereocenters. The average molecular weight is 605 g/mol. The van der Waals surface area contributed by atoms with Gasteiger partial charge in [0.25, 0.3) is 0 Å². The molecule has 4 aromatic rings. The van der Waals surface area contributed by atoms with Gasteiger partial charge in [-0.05, 0) is 102 Å². The predicted molar refractivity (Wildman–Crippen MR) is 186 cm³/mol. The van der Waals surface area contributed by atoms with Crippen molar-refractivity contribution >= 4 is 23.1 Å². The molecule has 0 N–H and O–H groups in total. The van der Waals surface area contributed by atoms with Crippen LogP contribution in [0.5, 0.6) is 11.5 Å². The fraction of sp³-hybridized carbons (Fsp3) is 0.400. The zero-order valence-electron chi connectivity index (χ0n) is 31.3. The van der Waals surface area contributed by atoms with Gasteiger partial charge < -0.3 is 9.47 Å². The molecule has 0 saturated carbocycles. The van der Waals surface area contributed by atoms with Crippen molar-refractivity contribution in [3.8, 4) is 11.5 Å². The third kappa shape index (κ3) is 5.85. The number of anilines is 3. The molecule has 6 rings (SSSR count). The normalized spacial score (nSPS) is 18.6. The second-order valence-electron chi connectivity index (χ2n) is 15.2. The predicted octanol–water partition coefficient (Wildman–Crippen LogP) is 10.4. The molecule has 0 bridgehead atoms. The number of aryl methyl sites for hydroxylation is 2. The summed E-state index contributed by atoms with van der Waals surface area (Å²) in [5, 5.41) is 0. The highest BCUT2D eigenvalue weighted by Crippen LogP contribution is 2.52. The van der Waals surface area contributed by atoms with Crippen LogP contribution in [0.25, 0.3) is 0 Å². The van der Waals surface area contributed by atoms with Crippen molar-refractivity contribution < 1.29 is 13.6 Å². The van der Waals surface area contributed by atoms with Crippen LogP contribution in [0, 0.1) is 13.8 Å². The van der Waals surface area contributed by atoms with Crippen LogP contribution in [-0.2, 0) is 21.0 Å². The van der Waals surface area contributed by atoms with Crippen molar-refractivity contribution in [1.82, 2.24) is 4.98 Å². The smallest absolute Gasteiger partial charge is 0.216 e. The summed E-state index contributed by atoms with van der Waals surface area (Å²) in [6.45, 7) is 19.7. The average Bonchev–Trinajstić information content (AvgIpc) is 3.48. The maximum absolute atomic E-state index is 7.81. The zero-order valence-corrected chi connectivity index (χ0v) is 28.3. The first-order valence-electron chi connectivity index (χ1n) is 17.3. The number of hydrogen-bond donors (Lipinski definition) is 0. The number of pyridine rings is 1. The van der Waals surface area contributed by atoms with Gasteiger partial charge in [0.1, 0.15) is 23.9 Å². The lowest BCUT2D eigenvalue weighted by Crippen LogP contribution is -2.32. The Kier molecular flexibility index (Phi) is 6.50. The number of aromatic nitrogens is 1. The Morgan fingerprint density at radius 1 is 0.844 bits per heavy atom. The zero-order chi connectivity index (χ0) is 35.0. The van der Waals surface area contributed by atoms with Gasteiger partial charge in [0.2, 0.25) is 5.90 Å². The van der Waals surface area contributed by atoms with Gasteiger partial charge in [-0.1, -0.05) is 67.5 Å². The SMILES string of the molecule is [2H]C([2H])([2H])[C@@H]1COC(c2cc(Oc3cc(C)cc(N4c5ccc(C(C)(C)C)cc5C(C)(C)c5cc(C)cnc54)c3)cc(C(C)(C)C)c2)=N1. The van der Waals surface area contributed by atoms with E-state index in [0.29, 0.717) is 23.0 Å². The Hall–Kier alpha value is -4.12. The molecule has 234 valence electrons. The number of ether oxygens (including phenoxy) is 2. The largest absolute Gasteiger partial charge is 0.475 e. The molecule has 2 aliphatic heterocycles. The van der Waals surface area contributed by atoms with Crippen LogP contribution in [0.3, 0.4) is 0 Å². The molecule has 5 nitrogen and oxygen atoms in total. The van der Waals surface area contributed by atoms with Gasteiger partial charge in [-0.25, -0.2) is 9.98 Å². The van der Waals surface area contributed by atoms with Crippen molar-refractivity contribution in [3.05, 3.63) is 106 Å². The lowest BCUT2D eigenvalue weighted by Gasteiger charge is -2.42. The highest BCUT2D eigenvalue weighted by Gasteiger charge is 2.39. The molecule has 0 saturated heterocycles. The summed E-state index contributed by atoms with van der Waals surface area (Å²) in [6.07, 6.45) is 1.94. The van der Waals surface area contributed by atoms with Crippen molar-refractivity contribution in [1.29, 1.82) is 0 Å². The minimum atomic E-state index is -2.22. The minimum Gasteiger partial charge on any atom is -0.475 e. The van der Waals surface area contributed by atoms with Crippen molar-refractivity contribution in [2.75, 3.05) is 11.5 Å². The number of rotatable bonds is 4. The van der Waals surface area contributed by atoms with Gasteiger partial charge in [0.05, 0.1) is 17.4 Å². The molecular weight excluding hydrogens is 554 g/mol. The molecule has 0 fully saturated rings. The van der Waals surface area contributed by atoms with E-state index in [-0.39, 0.29) is 22.9 Å². The van der Waals surface area contributed by atoms with Crippen LogP contribution in [0.2, 0.25) is 0 Å². The first-order valence-corrected chi connectivity index (χ1v) is 15.8. The van der Waals surface area contributed by atoms with Crippen LogP contribution >= 0.6 is 0 Å². The van der Waals surface area contributed by atoms with E-state index in [4.69, 9.17) is 18.6 Å². The highest BCUT2D eigenvalue weighted by molar-refractivity contribution is 5.96. The number of hydrogen-bond acceptors (Lipinski definition) is 5. The first kappa shape index (κ1) is 27.2. The third-order valence-electron chi connectivity index (χ3n) is 8.87. The van der Waals surface area contributed by atoms with Crippen LogP contribution in [-0.4, -0.2) is 23.5 Å². The Morgan fingerprint density at radius 3 is 2.27 bits per heavy atom. The quantitative estimate of drug-likeness (QED) is 0.232. The van der Waals surface area contributed by atoms with E-state index >= 15 is 0 Å². The van der Waals surface area contributed by atoms with Crippen molar-refractivity contribution in [3.63, 3.8) is 0 Å². The maximum Gasteiger partial charge on any atom is 0.216 e. The fourth-order valence-corrected chi connectivity index (χ4v) is 6.22. The standard InChI is InChI=1S/C40H47N3O2/c1-24-14-30(21-31(15-24)45-32-18-27(37-42-26(3)23-44-37)17-29(19-32)39(7,8)9)43-35-13-12-28(38(4,5)6)20-33(35)40(10,11)34-16-25(2)22-41-36(34)43/h12-22,26H,23H2,1-11H3/t26-/m1/s1/i3D3. The van der Waals surface area contributed by atoms with Crippen LogP contribution in [0.4, 0.5) is 17.2 Å². The lowest BCUT2D eigenvalue weighted by molar-refractivity contribution is 0.324. The fourth-order valence-electron chi connectivity index (χ4n) is 6.22. The first-order chi connectivity index (χ1) is 22.2. The van der Waals surface area contributed by atoms with E-state index in [1.54, 1.807) is 0 Å². The molecule has 5 heteroatoms. The van der Waals surface area contributed by atoms with Crippen molar-refractivity contribution in [2.45, 2.75) is 98.4 Å². The molecule has 3 aromatic carbocycles. The maximum atomic E-state index is 7.81. The Labute approximate surface area is 273 Å². The van der Waals surface area contributed by atoms with E-state index in [2.05, 4.69) is 116 Å². The van der Waals surface area contributed by atoms with Gasteiger partial charge in [0, 0.05) is 32.9 Å². The minimum absolute atomic E-state index is 0.00855. The molecular formula is C40H47N3O2. The Bertz CT molecular complexity index is 1930. The molecule has 1 atom stereocenters. The number of benzene rings is 3. The number of nitrogens with zero attached hydrogens (tertiary/aromatic N) is 3. The molecule has 0 aliphatic carbocycles. The molecule has 45 heavy (non-hydrogen) atoms. The third-order valence-corrected chi connectivity index (χ3v) is 8.87. The molecule has 3 heterocycles. The molecule has 2 aliphatic rings. The van der Waals surface area contributed by atoms with Crippen LogP contribution in [0.15, 0.2) is 71.9 Å². The number of fused-ring (bicyclic) bond motifs is 2. The highest BCUT2D eigenvalue weighted by atomic mass is 16.5. The van der Waals surface area contributed by atoms with Gasteiger partial charge >= 0.3 is 0 Å². The van der Waals surface area contributed by atoms with E-state index in [0.717, 1.165) is 33.9 Å². The van der Waals surface area contributed by atoms with Gasteiger partial charge in [-0.3, -0.25) is 4.90 Å². The summed E-state index contributed by atoms with van der Waals surface area (Å²) in [4.78, 5) is 11.7. The molecule has 0 amide bonds. The van der Waals surface area contributed by atoms with E-state index in [1.807, 2.05) is 30.5 Å². The van der Waals surface area contributed by atoms with Gasteiger partial charge in [0.15, 0.2) is 0 Å². The lowest BCUT2D eigenvalue weighted by atomic mass is 9.72. The monoisotopic (exact) mass is 604 g/mol.